The molecule has 2 heteroatoms. The van der Waals surface area contributed by atoms with Gasteiger partial charge in [-0.2, -0.15) is 0 Å². The van der Waals surface area contributed by atoms with Crippen molar-refractivity contribution in [2.24, 2.45) is 0 Å². The molecular weight excluding hydrogens is 340 g/mol. The highest BCUT2D eigenvalue weighted by atomic mass is 32.2. The van der Waals surface area contributed by atoms with E-state index in [-0.39, 0.29) is 0 Å². The number of hydrogen-bond donors (Lipinski definition) is 0. The largest absolute Gasteiger partial charge is 0.0824 e. The first kappa shape index (κ1) is 15.1. The van der Waals surface area contributed by atoms with Crippen molar-refractivity contribution in [3.63, 3.8) is 0 Å². The summed E-state index contributed by atoms with van der Waals surface area (Å²) < 4.78 is 1.34. The second kappa shape index (κ2) is 5.98. The van der Waals surface area contributed by atoms with Gasteiger partial charge >= 0.3 is 0 Å². The third kappa shape index (κ3) is 2.40. The van der Waals surface area contributed by atoms with E-state index < -0.39 is 0 Å². The Labute approximate surface area is 155 Å². The van der Waals surface area contributed by atoms with Gasteiger partial charge in [-0.25, -0.2) is 0 Å². The number of allylic oxidation sites excluding steroid dienone is 1. The second-order valence-electron chi connectivity index (χ2n) is 6.13. The standard InChI is InChI=1S/C23H16S2/c1-2-21-24-19-13-11-15-7-3-5-9-17(15)22(19)23-18-10-6-4-8-16(18)12-14-20(23)25-21/h2-14H,1H3. The van der Waals surface area contributed by atoms with E-state index in [9.17, 15) is 0 Å². The Balaban J connectivity index is 2.00. The van der Waals surface area contributed by atoms with Crippen LogP contribution in [0.25, 0.3) is 32.7 Å². The zero-order chi connectivity index (χ0) is 16.8. The fourth-order valence-corrected chi connectivity index (χ4v) is 5.82. The van der Waals surface area contributed by atoms with Crippen LogP contribution in [0.15, 0.2) is 92.9 Å². The molecule has 25 heavy (non-hydrogen) atoms. The Morgan fingerprint density at radius 2 is 1.08 bits per heavy atom. The molecule has 1 heterocycles. The third-order valence-electron chi connectivity index (χ3n) is 4.69. The Bertz CT molecular complexity index is 1070. The van der Waals surface area contributed by atoms with Gasteiger partial charge in [-0.05, 0) is 40.6 Å². The molecule has 0 nitrogen and oxygen atoms in total. The van der Waals surface area contributed by atoms with Crippen LogP contribution in [0.5, 0.6) is 0 Å². The fourth-order valence-electron chi connectivity index (χ4n) is 3.54. The highest BCUT2D eigenvalue weighted by Gasteiger charge is 2.22. The molecule has 1 aliphatic heterocycles. The van der Waals surface area contributed by atoms with Crippen molar-refractivity contribution < 1.29 is 0 Å². The Morgan fingerprint density at radius 3 is 1.56 bits per heavy atom. The highest BCUT2D eigenvalue weighted by molar-refractivity contribution is 8.22. The van der Waals surface area contributed by atoms with Gasteiger partial charge in [-0.15, -0.1) is 0 Å². The van der Waals surface area contributed by atoms with Crippen molar-refractivity contribution >= 4 is 45.1 Å². The lowest BCUT2D eigenvalue weighted by Crippen LogP contribution is -1.88. The molecule has 0 amide bonds. The molecule has 0 unspecified atom stereocenters. The molecule has 5 rings (SSSR count). The summed E-state index contributed by atoms with van der Waals surface area (Å²) in [5.41, 5.74) is 2.75. The van der Waals surface area contributed by atoms with Gasteiger partial charge in [-0.1, -0.05) is 90.3 Å². The van der Waals surface area contributed by atoms with E-state index in [2.05, 4.69) is 85.8 Å². The molecule has 0 radical (unpaired) electrons. The quantitative estimate of drug-likeness (QED) is 0.316. The molecule has 0 fully saturated rings. The molecule has 4 aromatic rings. The van der Waals surface area contributed by atoms with Crippen molar-refractivity contribution in [3.8, 4) is 11.1 Å². The third-order valence-corrected chi connectivity index (χ3v) is 7.18. The van der Waals surface area contributed by atoms with Crippen LogP contribution in [0.2, 0.25) is 0 Å². The maximum Gasteiger partial charge on any atom is 0.0456 e. The topological polar surface area (TPSA) is 0 Å². The highest BCUT2D eigenvalue weighted by Crippen LogP contribution is 2.53. The number of rotatable bonds is 0. The predicted molar refractivity (Wildman–Crippen MR) is 112 cm³/mol. The smallest absolute Gasteiger partial charge is 0.0456 e. The molecule has 0 aromatic heterocycles. The second-order valence-corrected chi connectivity index (χ2v) is 8.56. The van der Waals surface area contributed by atoms with Crippen LogP contribution in [0, 0.1) is 0 Å². The predicted octanol–water partition coefficient (Wildman–Crippen LogP) is 7.72. The molecule has 1 aliphatic rings. The summed E-state index contributed by atoms with van der Waals surface area (Å²) >= 11 is 3.76. The SMILES string of the molecule is CC=C1Sc2ccc3ccccc3c2-c2c(ccc3ccccc23)S1. The zero-order valence-electron chi connectivity index (χ0n) is 13.8. The van der Waals surface area contributed by atoms with E-state index >= 15 is 0 Å². The van der Waals surface area contributed by atoms with Crippen molar-refractivity contribution in [2.75, 3.05) is 0 Å². The molecule has 0 spiro atoms. The number of hydrogen-bond acceptors (Lipinski definition) is 2. The Kier molecular flexibility index (Phi) is 3.61. The molecule has 0 saturated heterocycles. The summed E-state index contributed by atoms with van der Waals surface area (Å²) in [6.07, 6.45) is 2.22. The van der Waals surface area contributed by atoms with Crippen molar-refractivity contribution in [1.82, 2.24) is 0 Å². The van der Waals surface area contributed by atoms with Crippen LogP contribution >= 0.6 is 23.5 Å². The van der Waals surface area contributed by atoms with Gasteiger partial charge < -0.3 is 0 Å². The summed E-state index contributed by atoms with van der Waals surface area (Å²) in [4.78, 5) is 2.68. The Hall–Kier alpha value is -2.16. The summed E-state index contributed by atoms with van der Waals surface area (Å²) in [6, 6.07) is 26.5. The van der Waals surface area contributed by atoms with E-state index in [0.717, 1.165) is 0 Å². The number of fused-ring (bicyclic) bond motifs is 7. The first-order valence-electron chi connectivity index (χ1n) is 8.41. The van der Waals surface area contributed by atoms with Crippen LogP contribution in [0.4, 0.5) is 0 Å². The normalized spacial score (nSPS) is 13.4. The molecule has 0 bridgehead atoms. The zero-order valence-corrected chi connectivity index (χ0v) is 15.5. The average molecular weight is 357 g/mol. The molecular formula is C23H16S2. The minimum Gasteiger partial charge on any atom is -0.0824 e. The minimum absolute atomic E-state index is 1.30. The lowest BCUT2D eigenvalue weighted by Gasteiger charge is -2.14. The maximum absolute atomic E-state index is 2.28. The van der Waals surface area contributed by atoms with E-state index in [1.165, 1.54) is 46.7 Å². The molecule has 0 N–H and O–H groups in total. The van der Waals surface area contributed by atoms with Gasteiger partial charge in [0, 0.05) is 25.2 Å². The van der Waals surface area contributed by atoms with Crippen molar-refractivity contribution in [3.05, 3.63) is 83.1 Å². The van der Waals surface area contributed by atoms with Gasteiger partial charge in [0.15, 0.2) is 0 Å². The lowest BCUT2D eigenvalue weighted by molar-refractivity contribution is 1.44. The molecule has 120 valence electrons. The van der Waals surface area contributed by atoms with Crippen LogP contribution in [-0.4, -0.2) is 0 Å². The summed E-state index contributed by atoms with van der Waals surface area (Å²) in [7, 11) is 0. The molecule has 4 aromatic carbocycles. The fraction of sp³-hybridized carbons (Fsp3) is 0.0435. The monoisotopic (exact) mass is 356 g/mol. The van der Waals surface area contributed by atoms with Gasteiger partial charge in [0.1, 0.15) is 0 Å². The Morgan fingerprint density at radius 1 is 0.600 bits per heavy atom. The van der Waals surface area contributed by atoms with E-state index in [1.807, 2.05) is 23.5 Å². The maximum atomic E-state index is 2.28. The van der Waals surface area contributed by atoms with Crippen molar-refractivity contribution in [2.45, 2.75) is 16.7 Å². The van der Waals surface area contributed by atoms with Crippen LogP contribution in [0.1, 0.15) is 6.92 Å². The lowest BCUT2D eigenvalue weighted by atomic mass is 9.94. The van der Waals surface area contributed by atoms with Crippen molar-refractivity contribution in [1.29, 1.82) is 0 Å². The molecule has 0 atom stereocenters. The van der Waals surface area contributed by atoms with Crippen LogP contribution in [0.3, 0.4) is 0 Å². The van der Waals surface area contributed by atoms with E-state index in [0.29, 0.717) is 0 Å². The summed E-state index contributed by atoms with van der Waals surface area (Å²) in [6.45, 7) is 2.13. The van der Waals surface area contributed by atoms with Gasteiger partial charge in [-0.3, -0.25) is 0 Å². The summed E-state index contributed by atoms with van der Waals surface area (Å²) in [5, 5.41) is 5.27. The average Bonchev–Trinajstić information content (AvgIpc) is 2.84. The first-order valence-corrected chi connectivity index (χ1v) is 10.0. The van der Waals surface area contributed by atoms with E-state index in [1.54, 1.807) is 0 Å². The van der Waals surface area contributed by atoms with Gasteiger partial charge in [0.05, 0.1) is 0 Å². The number of benzene rings is 4. The molecule has 0 saturated carbocycles. The van der Waals surface area contributed by atoms with Gasteiger partial charge in [0.25, 0.3) is 0 Å². The molecule has 0 aliphatic carbocycles. The first-order chi connectivity index (χ1) is 12.3. The number of thioether (sulfide) groups is 2. The van der Waals surface area contributed by atoms with Crippen LogP contribution in [-0.2, 0) is 0 Å². The van der Waals surface area contributed by atoms with E-state index in [4.69, 9.17) is 0 Å². The van der Waals surface area contributed by atoms with Gasteiger partial charge in [0.2, 0.25) is 0 Å². The summed E-state index contributed by atoms with van der Waals surface area (Å²) in [5.74, 6) is 0. The van der Waals surface area contributed by atoms with Crippen LogP contribution < -0.4 is 0 Å². The minimum atomic E-state index is 1.30.